The Hall–Kier alpha value is -1.04. The summed E-state index contributed by atoms with van der Waals surface area (Å²) in [6.45, 7) is 3.36. The Kier molecular flexibility index (Phi) is 4.99. The number of rotatable bonds is 3. The van der Waals surface area contributed by atoms with Crippen LogP contribution in [0, 0.1) is 0 Å². The van der Waals surface area contributed by atoms with Gasteiger partial charge in [-0.1, -0.05) is 0 Å². The zero-order valence-corrected chi connectivity index (χ0v) is 10.5. The fourth-order valence-corrected chi connectivity index (χ4v) is 2.02. The zero-order chi connectivity index (χ0) is 11.5. The monoisotopic (exact) mass is 260 g/mol. The first-order valence-electron chi connectivity index (χ1n) is 5.36. The lowest BCUT2D eigenvalue weighted by Gasteiger charge is -2.35. The van der Waals surface area contributed by atoms with E-state index in [2.05, 4.69) is 4.90 Å². The topological polar surface area (TPSA) is 56.9 Å². The van der Waals surface area contributed by atoms with Gasteiger partial charge in [-0.05, 0) is 13.1 Å². The van der Waals surface area contributed by atoms with Crippen molar-refractivity contribution in [2.24, 2.45) is 0 Å². The summed E-state index contributed by atoms with van der Waals surface area (Å²) in [5, 5.41) is 9.27. The molecule has 1 aromatic rings. The van der Waals surface area contributed by atoms with E-state index in [0.717, 1.165) is 31.7 Å². The maximum absolute atomic E-state index is 11.3. The van der Waals surface area contributed by atoms with Crippen molar-refractivity contribution in [3.8, 4) is 0 Å². The van der Waals surface area contributed by atoms with Crippen LogP contribution in [0.4, 0.5) is 0 Å². The highest BCUT2D eigenvalue weighted by atomic mass is 35.5. The second-order valence-corrected chi connectivity index (χ2v) is 4.14. The largest absolute Gasteiger partial charge is 0.480 e. The van der Waals surface area contributed by atoms with Gasteiger partial charge in [-0.25, -0.2) is 0 Å². The van der Waals surface area contributed by atoms with E-state index in [1.807, 2.05) is 11.9 Å². The summed E-state index contributed by atoms with van der Waals surface area (Å²) >= 11 is 0. The highest BCUT2D eigenvalue weighted by molar-refractivity contribution is 5.85. The third kappa shape index (κ3) is 3.21. The van der Waals surface area contributed by atoms with Crippen LogP contribution in [0.2, 0.25) is 0 Å². The van der Waals surface area contributed by atoms with Crippen LogP contribution in [0.25, 0.3) is 0 Å². The van der Waals surface area contributed by atoms with Crippen molar-refractivity contribution >= 4 is 18.4 Å². The molecule has 2 heterocycles. The van der Waals surface area contributed by atoms with E-state index in [0.29, 0.717) is 0 Å². The van der Waals surface area contributed by atoms with Crippen LogP contribution >= 0.6 is 12.4 Å². The summed E-state index contributed by atoms with van der Waals surface area (Å²) in [5.41, 5.74) is 0.719. The van der Waals surface area contributed by atoms with Crippen molar-refractivity contribution < 1.29 is 14.3 Å². The Morgan fingerprint density at radius 3 is 2.53 bits per heavy atom. The molecule has 1 aliphatic heterocycles. The summed E-state index contributed by atoms with van der Waals surface area (Å²) < 4.78 is 4.96. The quantitative estimate of drug-likeness (QED) is 0.881. The number of carbonyl (C=O) groups is 1. The lowest BCUT2D eigenvalue weighted by atomic mass is 10.1. The van der Waals surface area contributed by atoms with Gasteiger partial charge >= 0.3 is 5.97 Å². The number of nitrogens with zero attached hydrogens (tertiary/aromatic N) is 2. The fourth-order valence-electron chi connectivity index (χ4n) is 2.02. The van der Waals surface area contributed by atoms with Crippen molar-refractivity contribution in [1.82, 2.24) is 9.80 Å². The van der Waals surface area contributed by atoms with Crippen LogP contribution in [-0.2, 0) is 4.79 Å². The summed E-state index contributed by atoms with van der Waals surface area (Å²) in [4.78, 5) is 15.5. The zero-order valence-electron chi connectivity index (χ0n) is 9.70. The smallest absolute Gasteiger partial charge is 0.325 e. The third-order valence-electron chi connectivity index (χ3n) is 3.00. The normalized spacial score (nSPS) is 19.6. The predicted octanol–water partition coefficient (Wildman–Crippen LogP) is 1.07. The van der Waals surface area contributed by atoms with Crippen molar-refractivity contribution in [2.45, 2.75) is 6.04 Å². The van der Waals surface area contributed by atoms with Gasteiger partial charge in [-0.2, -0.15) is 0 Å². The Balaban J connectivity index is 0.00000144. The molecule has 17 heavy (non-hydrogen) atoms. The van der Waals surface area contributed by atoms with E-state index >= 15 is 0 Å². The molecular formula is C11H17ClN2O3. The summed E-state index contributed by atoms with van der Waals surface area (Å²) in [5.74, 6) is -0.814. The van der Waals surface area contributed by atoms with Gasteiger partial charge in [0.05, 0.1) is 12.5 Å². The Labute approximate surface area is 106 Å². The molecule has 0 aliphatic carbocycles. The van der Waals surface area contributed by atoms with E-state index in [1.165, 1.54) is 12.5 Å². The lowest BCUT2D eigenvalue weighted by Crippen LogP contribution is -2.47. The van der Waals surface area contributed by atoms with Crippen LogP contribution < -0.4 is 0 Å². The van der Waals surface area contributed by atoms with Gasteiger partial charge in [0.2, 0.25) is 0 Å². The molecule has 96 valence electrons. The van der Waals surface area contributed by atoms with Gasteiger partial charge in [0.25, 0.3) is 0 Å². The second-order valence-electron chi connectivity index (χ2n) is 4.14. The molecule has 0 aromatic carbocycles. The molecule has 6 heteroatoms. The molecule has 0 amide bonds. The van der Waals surface area contributed by atoms with Gasteiger partial charge in [-0.15, -0.1) is 12.4 Å². The number of aliphatic carboxylic acids is 1. The molecule has 1 atom stereocenters. The van der Waals surface area contributed by atoms with E-state index in [4.69, 9.17) is 4.42 Å². The summed E-state index contributed by atoms with van der Waals surface area (Å²) in [7, 11) is 2.05. The molecule has 1 saturated heterocycles. The minimum atomic E-state index is -0.814. The highest BCUT2D eigenvalue weighted by Gasteiger charge is 2.30. The number of hydrogen-bond donors (Lipinski definition) is 1. The van der Waals surface area contributed by atoms with Crippen molar-refractivity contribution in [3.05, 3.63) is 24.2 Å². The van der Waals surface area contributed by atoms with Crippen molar-refractivity contribution in [3.63, 3.8) is 0 Å². The lowest BCUT2D eigenvalue weighted by molar-refractivity contribution is -0.144. The summed E-state index contributed by atoms with van der Waals surface area (Å²) in [6, 6.07) is 1.14. The SMILES string of the molecule is CN1CCN(C(C(=O)O)c2ccoc2)CC1.Cl. The van der Waals surface area contributed by atoms with Crippen LogP contribution in [0.1, 0.15) is 11.6 Å². The average molecular weight is 261 g/mol. The molecular weight excluding hydrogens is 244 g/mol. The Morgan fingerprint density at radius 1 is 1.41 bits per heavy atom. The predicted molar refractivity (Wildman–Crippen MR) is 65.4 cm³/mol. The number of halogens is 1. The van der Waals surface area contributed by atoms with E-state index in [1.54, 1.807) is 6.07 Å². The van der Waals surface area contributed by atoms with E-state index < -0.39 is 12.0 Å². The molecule has 0 spiro atoms. The minimum absolute atomic E-state index is 0. The van der Waals surface area contributed by atoms with Crippen LogP contribution in [0.15, 0.2) is 23.0 Å². The van der Waals surface area contributed by atoms with Gasteiger partial charge in [-0.3, -0.25) is 9.69 Å². The standard InChI is InChI=1S/C11H16N2O3.ClH/c1-12-3-5-13(6-4-12)10(11(14)15)9-2-7-16-8-9;/h2,7-8,10H,3-6H2,1H3,(H,14,15);1H. The molecule has 0 bridgehead atoms. The maximum Gasteiger partial charge on any atom is 0.325 e. The minimum Gasteiger partial charge on any atom is -0.480 e. The number of hydrogen-bond acceptors (Lipinski definition) is 4. The van der Waals surface area contributed by atoms with Crippen LogP contribution in [0.5, 0.6) is 0 Å². The van der Waals surface area contributed by atoms with Gasteiger partial charge < -0.3 is 14.4 Å². The molecule has 0 saturated carbocycles. The Morgan fingerprint density at radius 2 is 2.06 bits per heavy atom. The second kappa shape index (κ2) is 6.05. The molecule has 1 aromatic heterocycles. The molecule has 1 unspecified atom stereocenters. The van der Waals surface area contributed by atoms with Crippen molar-refractivity contribution in [1.29, 1.82) is 0 Å². The van der Waals surface area contributed by atoms with E-state index in [9.17, 15) is 9.90 Å². The number of carboxylic acid groups (broad SMARTS) is 1. The number of piperazine rings is 1. The summed E-state index contributed by atoms with van der Waals surface area (Å²) in [6.07, 6.45) is 3.03. The first-order valence-corrected chi connectivity index (χ1v) is 5.36. The molecule has 5 nitrogen and oxygen atoms in total. The molecule has 1 aliphatic rings. The van der Waals surface area contributed by atoms with E-state index in [-0.39, 0.29) is 12.4 Å². The van der Waals surface area contributed by atoms with Gasteiger partial charge in [0.1, 0.15) is 6.04 Å². The fraction of sp³-hybridized carbons (Fsp3) is 0.545. The molecule has 1 fully saturated rings. The molecule has 0 radical (unpaired) electrons. The Bertz CT molecular complexity index is 348. The van der Waals surface area contributed by atoms with Crippen LogP contribution in [0.3, 0.4) is 0 Å². The van der Waals surface area contributed by atoms with Crippen molar-refractivity contribution in [2.75, 3.05) is 33.2 Å². The van der Waals surface area contributed by atoms with Gasteiger partial charge in [0, 0.05) is 31.7 Å². The molecule has 1 N–H and O–H groups in total. The third-order valence-corrected chi connectivity index (χ3v) is 3.00. The first-order chi connectivity index (χ1) is 7.68. The van der Waals surface area contributed by atoms with Crippen LogP contribution in [-0.4, -0.2) is 54.1 Å². The van der Waals surface area contributed by atoms with Gasteiger partial charge in [0.15, 0.2) is 0 Å². The number of furan rings is 1. The molecule has 2 rings (SSSR count). The number of carboxylic acids is 1. The highest BCUT2D eigenvalue weighted by Crippen LogP contribution is 2.22. The number of likely N-dealkylation sites (N-methyl/N-ethyl adjacent to an activating group) is 1. The maximum atomic E-state index is 11.3. The average Bonchev–Trinajstić information content (AvgIpc) is 2.74. The first kappa shape index (κ1) is 14.0.